The number of ether oxygens (including phenoxy) is 2. The molecule has 0 bridgehead atoms. The number of halogens is 1. The summed E-state index contributed by atoms with van der Waals surface area (Å²) >= 11 is 0. The van der Waals surface area contributed by atoms with Crippen LogP contribution in [0.25, 0.3) is 0 Å². The second-order valence-corrected chi connectivity index (χ2v) is 5.66. The monoisotopic (exact) mass is 338 g/mol. The van der Waals surface area contributed by atoms with Crippen LogP contribution < -0.4 is 0 Å². The van der Waals surface area contributed by atoms with E-state index < -0.39 is 18.6 Å². The van der Waals surface area contributed by atoms with Crippen LogP contribution >= 0.6 is 0 Å². The molecule has 0 amide bonds. The molecule has 1 rings (SSSR count). The Hall–Kier alpha value is -1.91. The SMILES string of the molecule is CCCCCCCCCOC(=O)c1ccc(C(=O)OCCF)cc1. The summed E-state index contributed by atoms with van der Waals surface area (Å²) in [5.74, 6) is -1.000. The smallest absolute Gasteiger partial charge is 0.338 e. The van der Waals surface area contributed by atoms with Crippen LogP contribution in [0.1, 0.15) is 72.6 Å². The van der Waals surface area contributed by atoms with Crippen molar-refractivity contribution >= 4 is 11.9 Å². The normalized spacial score (nSPS) is 10.4. The van der Waals surface area contributed by atoms with E-state index in [1.165, 1.54) is 56.4 Å². The Morgan fingerprint density at radius 3 is 1.75 bits per heavy atom. The summed E-state index contributed by atoms with van der Waals surface area (Å²) in [6, 6.07) is 5.98. The summed E-state index contributed by atoms with van der Waals surface area (Å²) < 4.78 is 21.8. The fourth-order valence-electron chi connectivity index (χ4n) is 2.26. The fraction of sp³-hybridized carbons (Fsp3) is 0.579. The molecule has 0 spiro atoms. The average molecular weight is 338 g/mol. The van der Waals surface area contributed by atoms with E-state index in [1.807, 2.05) is 0 Å². The van der Waals surface area contributed by atoms with E-state index in [9.17, 15) is 14.0 Å². The highest BCUT2D eigenvalue weighted by molar-refractivity contribution is 5.93. The minimum atomic E-state index is -0.714. The molecule has 4 nitrogen and oxygen atoms in total. The molecule has 1 aromatic carbocycles. The number of carbonyl (C=O) groups is 2. The van der Waals surface area contributed by atoms with E-state index in [2.05, 4.69) is 11.7 Å². The van der Waals surface area contributed by atoms with Crippen molar-refractivity contribution in [2.45, 2.75) is 51.9 Å². The lowest BCUT2D eigenvalue weighted by Crippen LogP contribution is -2.09. The Labute approximate surface area is 143 Å². The predicted molar refractivity (Wildman–Crippen MR) is 91.0 cm³/mol. The van der Waals surface area contributed by atoms with E-state index in [1.54, 1.807) is 0 Å². The number of rotatable bonds is 12. The average Bonchev–Trinajstić information content (AvgIpc) is 2.61. The third-order valence-electron chi connectivity index (χ3n) is 3.65. The molecular formula is C19H27FO4. The molecule has 0 aliphatic carbocycles. The van der Waals surface area contributed by atoms with Gasteiger partial charge in [0.1, 0.15) is 13.3 Å². The van der Waals surface area contributed by atoms with Crippen molar-refractivity contribution in [2.24, 2.45) is 0 Å². The van der Waals surface area contributed by atoms with Gasteiger partial charge >= 0.3 is 11.9 Å². The molecule has 0 unspecified atom stereocenters. The molecule has 0 radical (unpaired) electrons. The highest BCUT2D eigenvalue weighted by Gasteiger charge is 2.10. The van der Waals surface area contributed by atoms with Crippen molar-refractivity contribution in [1.29, 1.82) is 0 Å². The molecule has 0 aliphatic heterocycles. The van der Waals surface area contributed by atoms with Crippen LogP contribution in [0, 0.1) is 0 Å². The molecule has 1 aromatic rings. The fourth-order valence-corrected chi connectivity index (χ4v) is 2.26. The molecule has 0 heterocycles. The molecule has 0 saturated carbocycles. The van der Waals surface area contributed by atoms with Crippen LogP contribution in [0.3, 0.4) is 0 Å². The van der Waals surface area contributed by atoms with Gasteiger partial charge in [0.05, 0.1) is 17.7 Å². The molecule has 0 saturated heterocycles. The zero-order valence-corrected chi connectivity index (χ0v) is 14.4. The van der Waals surface area contributed by atoms with Crippen molar-refractivity contribution in [3.05, 3.63) is 35.4 Å². The maximum atomic E-state index is 12.0. The quantitative estimate of drug-likeness (QED) is 0.409. The van der Waals surface area contributed by atoms with E-state index in [4.69, 9.17) is 4.74 Å². The first kappa shape index (κ1) is 20.1. The molecule has 5 heteroatoms. The van der Waals surface area contributed by atoms with Gasteiger partial charge in [-0.3, -0.25) is 0 Å². The van der Waals surface area contributed by atoms with Gasteiger partial charge in [0, 0.05) is 0 Å². The maximum absolute atomic E-state index is 12.0. The van der Waals surface area contributed by atoms with Crippen molar-refractivity contribution in [2.75, 3.05) is 19.9 Å². The predicted octanol–water partition coefficient (Wildman–Crippen LogP) is 4.72. The molecule has 0 atom stereocenters. The zero-order valence-electron chi connectivity index (χ0n) is 14.4. The topological polar surface area (TPSA) is 52.6 Å². The molecule has 0 N–H and O–H groups in total. The van der Waals surface area contributed by atoms with Gasteiger partial charge in [-0.05, 0) is 30.7 Å². The van der Waals surface area contributed by atoms with E-state index in [-0.39, 0.29) is 12.2 Å². The van der Waals surface area contributed by atoms with Crippen LogP contribution in [0.5, 0.6) is 0 Å². The number of carbonyl (C=O) groups excluding carboxylic acids is 2. The van der Waals surface area contributed by atoms with E-state index in [0.717, 1.165) is 12.8 Å². The third-order valence-corrected chi connectivity index (χ3v) is 3.65. The zero-order chi connectivity index (χ0) is 17.6. The van der Waals surface area contributed by atoms with Crippen LogP contribution in [0.4, 0.5) is 4.39 Å². The number of alkyl halides is 1. The van der Waals surface area contributed by atoms with Crippen LogP contribution in [-0.4, -0.2) is 31.8 Å². The molecule has 0 fully saturated rings. The number of benzene rings is 1. The van der Waals surface area contributed by atoms with Crippen molar-refractivity contribution in [3.8, 4) is 0 Å². The second kappa shape index (κ2) is 12.5. The van der Waals surface area contributed by atoms with Crippen LogP contribution in [0.15, 0.2) is 24.3 Å². The molecule has 0 aliphatic rings. The first-order valence-electron chi connectivity index (χ1n) is 8.69. The third kappa shape index (κ3) is 8.09. The Bertz CT molecular complexity index is 485. The first-order chi connectivity index (χ1) is 11.7. The number of unbranched alkanes of at least 4 members (excludes halogenated alkanes) is 6. The number of hydrogen-bond acceptors (Lipinski definition) is 4. The van der Waals surface area contributed by atoms with Gasteiger partial charge in [-0.25, -0.2) is 14.0 Å². The summed E-state index contributed by atoms with van der Waals surface area (Å²) in [5.41, 5.74) is 0.673. The number of hydrogen-bond donors (Lipinski definition) is 0. The highest BCUT2D eigenvalue weighted by Crippen LogP contribution is 2.10. The number of esters is 2. The van der Waals surface area contributed by atoms with Gasteiger partial charge in [-0.2, -0.15) is 0 Å². The standard InChI is InChI=1S/C19H27FO4/c1-2-3-4-5-6-7-8-14-23-18(21)16-9-11-17(12-10-16)19(22)24-15-13-20/h9-12H,2-8,13-15H2,1H3. The molecular weight excluding hydrogens is 311 g/mol. The Morgan fingerprint density at radius 1 is 0.792 bits per heavy atom. The van der Waals surface area contributed by atoms with Crippen molar-refractivity contribution in [3.63, 3.8) is 0 Å². The molecule has 134 valence electrons. The van der Waals surface area contributed by atoms with Gasteiger partial charge in [0.25, 0.3) is 0 Å². The molecule has 0 aromatic heterocycles. The van der Waals surface area contributed by atoms with E-state index >= 15 is 0 Å². The summed E-state index contributed by atoms with van der Waals surface area (Å²) in [7, 11) is 0. The summed E-state index contributed by atoms with van der Waals surface area (Å²) in [6.45, 7) is 1.63. The van der Waals surface area contributed by atoms with Crippen LogP contribution in [0.2, 0.25) is 0 Å². The Kier molecular flexibility index (Phi) is 10.5. The van der Waals surface area contributed by atoms with Gasteiger partial charge in [0.15, 0.2) is 0 Å². The van der Waals surface area contributed by atoms with Gasteiger partial charge in [0.2, 0.25) is 0 Å². The van der Waals surface area contributed by atoms with Gasteiger partial charge < -0.3 is 9.47 Å². The second-order valence-electron chi connectivity index (χ2n) is 5.66. The highest BCUT2D eigenvalue weighted by atomic mass is 19.1. The van der Waals surface area contributed by atoms with Crippen LogP contribution in [-0.2, 0) is 9.47 Å². The summed E-state index contributed by atoms with van der Waals surface area (Å²) in [6.07, 6.45) is 8.14. The van der Waals surface area contributed by atoms with E-state index in [0.29, 0.717) is 12.2 Å². The lowest BCUT2D eigenvalue weighted by molar-refractivity contribution is 0.0473. The Balaban J connectivity index is 2.24. The lowest BCUT2D eigenvalue weighted by Gasteiger charge is -2.06. The van der Waals surface area contributed by atoms with Gasteiger partial charge in [-0.1, -0.05) is 45.4 Å². The van der Waals surface area contributed by atoms with Gasteiger partial charge in [-0.15, -0.1) is 0 Å². The van der Waals surface area contributed by atoms with Crippen molar-refractivity contribution in [1.82, 2.24) is 0 Å². The minimum absolute atomic E-state index is 0.263. The molecule has 24 heavy (non-hydrogen) atoms. The maximum Gasteiger partial charge on any atom is 0.338 e. The Morgan fingerprint density at radius 2 is 1.25 bits per heavy atom. The van der Waals surface area contributed by atoms with Crippen molar-refractivity contribution < 1.29 is 23.5 Å². The lowest BCUT2D eigenvalue weighted by atomic mass is 10.1. The summed E-state index contributed by atoms with van der Waals surface area (Å²) in [4.78, 5) is 23.4. The first-order valence-corrected chi connectivity index (χ1v) is 8.69. The summed E-state index contributed by atoms with van der Waals surface area (Å²) in [5, 5.41) is 0. The largest absolute Gasteiger partial charge is 0.462 e. The minimum Gasteiger partial charge on any atom is -0.462 e.